The Hall–Kier alpha value is -3.13. The normalized spacial score (nSPS) is 11.4. The number of esters is 1. The Morgan fingerprint density at radius 2 is 2.08 bits per heavy atom. The number of carboxylic acid groups (broad SMARTS) is 1. The Labute approximate surface area is 145 Å². The Balaban J connectivity index is 2.35. The highest BCUT2D eigenvalue weighted by molar-refractivity contribution is 6.31. The quantitative estimate of drug-likeness (QED) is 0.563. The van der Waals surface area contributed by atoms with Crippen LogP contribution in [0.25, 0.3) is 22.6 Å². The van der Waals surface area contributed by atoms with Gasteiger partial charge in [0, 0.05) is 22.7 Å². The van der Waals surface area contributed by atoms with Crippen LogP contribution in [-0.4, -0.2) is 37.8 Å². The molecule has 0 spiro atoms. The van der Waals surface area contributed by atoms with Gasteiger partial charge >= 0.3 is 17.6 Å². The zero-order chi connectivity index (χ0) is 18.1. The van der Waals surface area contributed by atoms with Gasteiger partial charge in [0.15, 0.2) is 5.69 Å². The monoisotopic (exact) mass is 361 g/mol. The number of aromatic carboxylic acids is 1. The number of carboxylic acids is 1. The smallest absolute Gasteiger partial charge is 0.356 e. The fourth-order valence-electron chi connectivity index (χ4n) is 2.42. The van der Waals surface area contributed by atoms with E-state index in [9.17, 15) is 14.4 Å². The van der Waals surface area contributed by atoms with Gasteiger partial charge in [-0.25, -0.2) is 14.4 Å². The number of halogens is 1. The molecular formula is C16H12ClN3O5. The second-order valence-corrected chi connectivity index (χ2v) is 5.45. The molecule has 0 amide bonds. The molecule has 25 heavy (non-hydrogen) atoms. The van der Waals surface area contributed by atoms with Crippen molar-refractivity contribution in [3.05, 3.63) is 51.5 Å². The van der Waals surface area contributed by atoms with E-state index in [0.29, 0.717) is 21.4 Å². The zero-order valence-electron chi connectivity index (χ0n) is 13.0. The number of hydrogen-bond donors (Lipinski definition) is 1. The first-order chi connectivity index (χ1) is 11.9. The predicted octanol–water partition coefficient (Wildman–Crippen LogP) is 2.03. The lowest BCUT2D eigenvalue weighted by Gasteiger charge is -2.08. The zero-order valence-corrected chi connectivity index (χ0v) is 13.7. The lowest BCUT2D eigenvalue weighted by Crippen LogP contribution is -2.25. The molecule has 1 N–H and O–H groups in total. The minimum atomic E-state index is -1.25. The molecule has 0 bridgehead atoms. The third-order valence-corrected chi connectivity index (χ3v) is 3.69. The first-order valence-electron chi connectivity index (χ1n) is 7.24. The van der Waals surface area contributed by atoms with E-state index in [2.05, 4.69) is 5.10 Å². The first kappa shape index (κ1) is 16.7. The molecule has 0 aliphatic rings. The van der Waals surface area contributed by atoms with Gasteiger partial charge in [0.1, 0.15) is 0 Å². The van der Waals surface area contributed by atoms with Crippen molar-refractivity contribution in [3.8, 4) is 0 Å². The maximum Gasteiger partial charge on any atom is 0.356 e. The fourth-order valence-corrected chi connectivity index (χ4v) is 2.59. The van der Waals surface area contributed by atoms with Gasteiger partial charge in [-0.1, -0.05) is 11.6 Å². The number of fused-ring (bicyclic) bond motifs is 3. The van der Waals surface area contributed by atoms with Crippen LogP contribution < -0.4 is 5.69 Å². The number of ether oxygens (including phenoxy) is 1. The highest BCUT2D eigenvalue weighted by Gasteiger charge is 2.16. The topological polar surface area (TPSA) is 103 Å². The van der Waals surface area contributed by atoms with Crippen molar-refractivity contribution in [3.63, 3.8) is 0 Å². The van der Waals surface area contributed by atoms with Crippen LogP contribution in [0.4, 0.5) is 0 Å². The summed E-state index contributed by atoms with van der Waals surface area (Å²) in [6.45, 7) is 1.86. The van der Waals surface area contributed by atoms with Gasteiger partial charge in [-0.2, -0.15) is 9.61 Å². The van der Waals surface area contributed by atoms with Crippen LogP contribution in [-0.2, 0) is 9.53 Å². The van der Waals surface area contributed by atoms with Crippen LogP contribution in [0.1, 0.15) is 17.4 Å². The van der Waals surface area contributed by atoms with E-state index in [1.54, 1.807) is 25.1 Å². The standard InChI is InChI=1S/C16H12ClN3O5/c1-2-25-14(21)5-6-19-12-7-9(17)3-4-10(12)13-8-11(15(22)23)18-20(13)16(19)24/h3-8H,2H2,1H3,(H,22,23)/b6-5+. The van der Waals surface area contributed by atoms with Gasteiger partial charge in [-0.15, -0.1) is 0 Å². The highest BCUT2D eigenvalue weighted by atomic mass is 35.5. The molecule has 0 aliphatic heterocycles. The summed E-state index contributed by atoms with van der Waals surface area (Å²) in [5.74, 6) is -1.87. The highest BCUT2D eigenvalue weighted by Crippen LogP contribution is 2.23. The van der Waals surface area contributed by atoms with E-state index >= 15 is 0 Å². The molecule has 128 valence electrons. The first-order valence-corrected chi connectivity index (χ1v) is 7.62. The van der Waals surface area contributed by atoms with Gasteiger partial charge in [-0.3, -0.25) is 4.57 Å². The van der Waals surface area contributed by atoms with Gasteiger partial charge < -0.3 is 9.84 Å². The molecule has 1 aromatic carbocycles. The van der Waals surface area contributed by atoms with E-state index in [0.717, 1.165) is 15.2 Å². The third kappa shape index (κ3) is 2.99. The minimum absolute atomic E-state index is 0.199. The summed E-state index contributed by atoms with van der Waals surface area (Å²) in [4.78, 5) is 35.4. The van der Waals surface area contributed by atoms with Crippen molar-refractivity contribution in [1.82, 2.24) is 14.2 Å². The molecule has 9 heteroatoms. The Morgan fingerprint density at radius 3 is 2.76 bits per heavy atom. The van der Waals surface area contributed by atoms with Crippen molar-refractivity contribution in [1.29, 1.82) is 0 Å². The SMILES string of the molecule is CCOC(=O)/C=C/n1c(=O)n2nc(C(=O)O)cc2c2ccc(Cl)cc21. The third-order valence-electron chi connectivity index (χ3n) is 3.46. The summed E-state index contributed by atoms with van der Waals surface area (Å²) >= 11 is 6.01. The van der Waals surface area contributed by atoms with Crippen molar-refractivity contribution in [2.45, 2.75) is 6.92 Å². The fraction of sp³-hybridized carbons (Fsp3) is 0.125. The predicted molar refractivity (Wildman–Crippen MR) is 90.9 cm³/mol. The summed E-state index contributed by atoms with van der Waals surface area (Å²) < 4.78 is 6.92. The van der Waals surface area contributed by atoms with Gasteiger partial charge in [0.05, 0.1) is 17.6 Å². The molecule has 0 radical (unpaired) electrons. The van der Waals surface area contributed by atoms with E-state index in [1.807, 2.05) is 0 Å². The van der Waals surface area contributed by atoms with E-state index in [-0.39, 0.29) is 12.3 Å². The molecule has 2 heterocycles. The second-order valence-electron chi connectivity index (χ2n) is 5.01. The molecule has 3 rings (SSSR count). The number of aromatic nitrogens is 3. The van der Waals surface area contributed by atoms with E-state index < -0.39 is 17.6 Å². The average Bonchev–Trinajstić information content (AvgIpc) is 3.01. The van der Waals surface area contributed by atoms with Gasteiger partial charge in [-0.05, 0) is 31.2 Å². The van der Waals surface area contributed by atoms with Gasteiger partial charge in [0.25, 0.3) is 0 Å². The minimum Gasteiger partial charge on any atom is -0.476 e. The van der Waals surface area contributed by atoms with Crippen molar-refractivity contribution in [2.24, 2.45) is 0 Å². The van der Waals surface area contributed by atoms with Crippen LogP contribution in [0, 0.1) is 0 Å². The Bertz CT molecular complexity index is 1100. The summed E-state index contributed by atoms with van der Waals surface area (Å²) in [5.41, 5.74) is -0.171. The van der Waals surface area contributed by atoms with Crippen LogP contribution in [0.2, 0.25) is 5.02 Å². The van der Waals surface area contributed by atoms with Crippen molar-refractivity contribution >= 4 is 46.2 Å². The van der Waals surface area contributed by atoms with Crippen LogP contribution in [0.15, 0.2) is 35.1 Å². The molecule has 8 nitrogen and oxygen atoms in total. The summed E-state index contributed by atoms with van der Waals surface area (Å²) in [6, 6.07) is 6.11. The van der Waals surface area contributed by atoms with Crippen molar-refractivity contribution in [2.75, 3.05) is 6.61 Å². The lowest BCUT2D eigenvalue weighted by atomic mass is 10.2. The molecule has 0 fully saturated rings. The maximum absolute atomic E-state index is 12.7. The number of hydrogen-bond acceptors (Lipinski definition) is 5. The molecule has 0 atom stereocenters. The molecular weight excluding hydrogens is 350 g/mol. The van der Waals surface area contributed by atoms with Crippen LogP contribution in [0.5, 0.6) is 0 Å². The molecule has 0 unspecified atom stereocenters. The van der Waals surface area contributed by atoms with E-state index in [4.69, 9.17) is 21.4 Å². The molecule has 0 saturated carbocycles. The number of carbonyl (C=O) groups is 2. The number of carbonyl (C=O) groups excluding carboxylic acids is 1. The Kier molecular flexibility index (Phi) is 4.28. The number of nitrogens with zero attached hydrogens (tertiary/aromatic N) is 3. The maximum atomic E-state index is 12.7. The van der Waals surface area contributed by atoms with Crippen molar-refractivity contribution < 1.29 is 19.4 Å². The lowest BCUT2D eigenvalue weighted by molar-refractivity contribution is -0.137. The average molecular weight is 362 g/mol. The summed E-state index contributed by atoms with van der Waals surface area (Å²) in [7, 11) is 0. The molecule has 3 aromatic rings. The van der Waals surface area contributed by atoms with Crippen LogP contribution in [0.3, 0.4) is 0 Å². The Morgan fingerprint density at radius 1 is 1.32 bits per heavy atom. The second kappa shape index (κ2) is 6.40. The summed E-state index contributed by atoms with van der Waals surface area (Å²) in [5, 5.41) is 13.9. The largest absolute Gasteiger partial charge is 0.476 e. The molecule has 0 saturated heterocycles. The number of benzene rings is 1. The van der Waals surface area contributed by atoms with Crippen LogP contribution >= 0.6 is 11.6 Å². The van der Waals surface area contributed by atoms with E-state index in [1.165, 1.54) is 12.3 Å². The summed E-state index contributed by atoms with van der Waals surface area (Å²) in [6.07, 6.45) is 2.33. The molecule has 2 aromatic heterocycles. The number of rotatable bonds is 4. The molecule has 0 aliphatic carbocycles. The van der Waals surface area contributed by atoms with Gasteiger partial charge in [0.2, 0.25) is 0 Å².